The first-order valence-electron chi connectivity index (χ1n) is 9.01. The van der Waals surface area contributed by atoms with Crippen LogP contribution in [0.15, 0.2) is 36.5 Å². The van der Waals surface area contributed by atoms with Crippen LogP contribution >= 0.6 is 11.6 Å². The Bertz CT molecular complexity index is 777. The molecule has 1 N–H and O–H groups in total. The van der Waals surface area contributed by atoms with E-state index in [1.54, 1.807) is 25.3 Å². The SMILES string of the molecule is Cc1cc(Cl)ccc1O[C@@H](C)C(=O)NCc1ccc(N2CCOCC2)nc1. The molecule has 6 nitrogen and oxygen atoms in total. The number of carbonyl (C=O) groups is 1. The highest BCUT2D eigenvalue weighted by atomic mass is 35.5. The normalized spacial score (nSPS) is 15.3. The van der Waals surface area contributed by atoms with Crippen molar-refractivity contribution in [2.45, 2.75) is 26.5 Å². The lowest BCUT2D eigenvalue weighted by Crippen LogP contribution is -2.37. The van der Waals surface area contributed by atoms with Crippen LogP contribution in [0.5, 0.6) is 5.75 Å². The van der Waals surface area contributed by atoms with Crippen LogP contribution < -0.4 is 15.0 Å². The number of nitrogens with zero attached hydrogens (tertiary/aromatic N) is 2. The van der Waals surface area contributed by atoms with Gasteiger partial charge in [0, 0.05) is 30.9 Å². The van der Waals surface area contributed by atoms with E-state index in [-0.39, 0.29) is 5.91 Å². The monoisotopic (exact) mass is 389 g/mol. The van der Waals surface area contributed by atoms with Crippen LogP contribution in [0.3, 0.4) is 0 Å². The number of hydrogen-bond donors (Lipinski definition) is 1. The predicted octanol–water partition coefficient (Wildman–Crippen LogP) is 2.96. The lowest BCUT2D eigenvalue weighted by Gasteiger charge is -2.27. The van der Waals surface area contributed by atoms with Gasteiger partial charge in [-0.25, -0.2) is 4.98 Å². The first-order chi connectivity index (χ1) is 13.0. The second kappa shape index (κ2) is 9.06. The van der Waals surface area contributed by atoms with Gasteiger partial charge in [-0.05, 0) is 49.2 Å². The van der Waals surface area contributed by atoms with E-state index in [0.717, 1.165) is 43.2 Å². The summed E-state index contributed by atoms with van der Waals surface area (Å²) in [5.74, 6) is 1.41. The smallest absolute Gasteiger partial charge is 0.261 e. The van der Waals surface area contributed by atoms with Gasteiger partial charge in [0.2, 0.25) is 0 Å². The number of aromatic nitrogens is 1. The number of morpholine rings is 1. The Labute approximate surface area is 164 Å². The summed E-state index contributed by atoms with van der Waals surface area (Å²) in [6.45, 7) is 7.18. The summed E-state index contributed by atoms with van der Waals surface area (Å²) < 4.78 is 11.1. The molecule has 3 rings (SSSR count). The molecule has 1 atom stereocenters. The zero-order chi connectivity index (χ0) is 19.2. The fourth-order valence-corrected chi connectivity index (χ4v) is 3.05. The number of ether oxygens (including phenoxy) is 2. The van der Waals surface area contributed by atoms with Gasteiger partial charge in [0.15, 0.2) is 6.10 Å². The van der Waals surface area contributed by atoms with Crippen molar-refractivity contribution in [1.82, 2.24) is 10.3 Å². The van der Waals surface area contributed by atoms with Gasteiger partial charge in [0.25, 0.3) is 5.91 Å². The number of amides is 1. The van der Waals surface area contributed by atoms with Gasteiger partial charge in [-0.1, -0.05) is 17.7 Å². The van der Waals surface area contributed by atoms with Crippen molar-refractivity contribution in [1.29, 1.82) is 0 Å². The Balaban J connectivity index is 1.50. The summed E-state index contributed by atoms with van der Waals surface area (Å²) in [5.41, 5.74) is 1.83. The van der Waals surface area contributed by atoms with E-state index < -0.39 is 6.10 Å². The summed E-state index contributed by atoms with van der Waals surface area (Å²) in [4.78, 5) is 19.0. The molecule has 7 heteroatoms. The third-order valence-corrected chi connectivity index (χ3v) is 4.66. The van der Waals surface area contributed by atoms with Crippen molar-refractivity contribution in [2.75, 3.05) is 31.2 Å². The molecule has 2 aromatic rings. The van der Waals surface area contributed by atoms with Crippen LogP contribution in [-0.4, -0.2) is 43.3 Å². The number of aryl methyl sites for hydroxylation is 1. The molecular weight excluding hydrogens is 366 g/mol. The lowest BCUT2D eigenvalue weighted by molar-refractivity contribution is -0.127. The van der Waals surface area contributed by atoms with E-state index in [9.17, 15) is 4.79 Å². The maximum Gasteiger partial charge on any atom is 0.261 e. The minimum atomic E-state index is -0.606. The molecule has 0 aliphatic carbocycles. The molecule has 144 valence electrons. The van der Waals surface area contributed by atoms with Gasteiger partial charge in [-0.2, -0.15) is 0 Å². The van der Waals surface area contributed by atoms with Crippen molar-refractivity contribution in [3.05, 3.63) is 52.7 Å². The van der Waals surface area contributed by atoms with E-state index in [0.29, 0.717) is 17.3 Å². The lowest BCUT2D eigenvalue weighted by atomic mass is 10.2. The topological polar surface area (TPSA) is 63.7 Å². The highest BCUT2D eigenvalue weighted by molar-refractivity contribution is 6.30. The Morgan fingerprint density at radius 2 is 2.11 bits per heavy atom. The number of anilines is 1. The summed E-state index contributed by atoms with van der Waals surface area (Å²) in [6.07, 6.45) is 1.19. The first-order valence-corrected chi connectivity index (χ1v) is 9.39. The molecule has 27 heavy (non-hydrogen) atoms. The molecule has 1 aromatic carbocycles. The van der Waals surface area contributed by atoms with Crippen molar-refractivity contribution in [3.8, 4) is 5.75 Å². The average molecular weight is 390 g/mol. The molecule has 1 saturated heterocycles. The largest absolute Gasteiger partial charge is 0.481 e. The summed E-state index contributed by atoms with van der Waals surface area (Å²) in [6, 6.07) is 9.28. The molecule has 1 amide bonds. The van der Waals surface area contributed by atoms with E-state index in [4.69, 9.17) is 21.1 Å². The second-order valence-electron chi connectivity index (χ2n) is 6.51. The molecule has 1 aromatic heterocycles. The van der Waals surface area contributed by atoms with E-state index in [2.05, 4.69) is 15.2 Å². The van der Waals surface area contributed by atoms with E-state index in [1.165, 1.54) is 0 Å². The number of hydrogen-bond acceptors (Lipinski definition) is 5. The third kappa shape index (κ3) is 5.34. The van der Waals surface area contributed by atoms with Gasteiger partial charge in [-0.3, -0.25) is 4.79 Å². The Hall–Kier alpha value is -2.31. The van der Waals surface area contributed by atoms with Gasteiger partial charge < -0.3 is 19.7 Å². The molecule has 0 bridgehead atoms. The quantitative estimate of drug-likeness (QED) is 0.822. The molecule has 2 heterocycles. The van der Waals surface area contributed by atoms with Gasteiger partial charge in [0.05, 0.1) is 13.2 Å². The van der Waals surface area contributed by atoms with Crippen LogP contribution in [0.1, 0.15) is 18.1 Å². The molecule has 0 spiro atoms. The van der Waals surface area contributed by atoms with Gasteiger partial charge in [0.1, 0.15) is 11.6 Å². The van der Waals surface area contributed by atoms with E-state index >= 15 is 0 Å². The zero-order valence-corrected chi connectivity index (χ0v) is 16.3. The van der Waals surface area contributed by atoms with Crippen LogP contribution in [-0.2, 0) is 16.1 Å². The van der Waals surface area contributed by atoms with Gasteiger partial charge >= 0.3 is 0 Å². The van der Waals surface area contributed by atoms with Crippen LogP contribution in [0.4, 0.5) is 5.82 Å². The minimum absolute atomic E-state index is 0.179. The maximum absolute atomic E-state index is 12.3. The van der Waals surface area contributed by atoms with Crippen molar-refractivity contribution in [2.24, 2.45) is 0 Å². The number of rotatable bonds is 6. The predicted molar refractivity (Wildman–Crippen MR) is 105 cm³/mol. The number of benzene rings is 1. The molecule has 1 aliphatic rings. The third-order valence-electron chi connectivity index (χ3n) is 4.42. The minimum Gasteiger partial charge on any atom is -0.481 e. The number of halogens is 1. The Morgan fingerprint density at radius 1 is 1.33 bits per heavy atom. The number of pyridine rings is 1. The van der Waals surface area contributed by atoms with Crippen LogP contribution in [0.25, 0.3) is 0 Å². The summed E-state index contributed by atoms with van der Waals surface area (Å²) in [7, 11) is 0. The number of nitrogens with one attached hydrogen (secondary N) is 1. The second-order valence-corrected chi connectivity index (χ2v) is 6.95. The molecular formula is C20H24ClN3O3. The Morgan fingerprint density at radius 3 is 2.78 bits per heavy atom. The van der Waals surface area contributed by atoms with Crippen molar-refractivity contribution < 1.29 is 14.3 Å². The fourth-order valence-electron chi connectivity index (χ4n) is 2.82. The van der Waals surface area contributed by atoms with E-state index in [1.807, 2.05) is 25.1 Å². The standard InChI is InChI=1S/C20H24ClN3O3/c1-14-11-17(21)4-5-18(14)27-15(2)20(25)23-13-16-3-6-19(22-12-16)24-7-9-26-10-8-24/h3-6,11-12,15H,7-10,13H2,1-2H3,(H,23,25)/t15-/m0/s1. The van der Waals surface area contributed by atoms with Crippen molar-refractivity contribution in [3.63, 3.8) is 0 Å². The van der Waals surface area contributed by atoms with Crippen molar-refractivity contribution >= 4 is 23.3 Å². The Kier molecular flexibility index (Phi) is 6.53. The van der Waals surface area contributed by atoms with Crippen LogP contribution in [0.2, 0.25) is 5.02 Å². The molecule has 0 unspecified atom stereocenters. The summed E-state index contributed by atoms with van der Waals surface area (Å²) >= 11 is 5.94. The zero-order valence-electron chi connectivity index (χ0n) is 15.6. The first kappa shape index (κ1) is 19.5. The number of carbonyl (C=O) groups excluding carboxylic acids is 1. The molecule has 1 aliphatic heterocycles. The highest BCUT2D eigenvalue weighted by Crippen LogP contribution is 2.22. The highest BCUT2D eigenvalue weighted by Gasteiger charge is 2.16. The molecule has 0 saturated carbocycles. The van der Waals surface area contributed by atoms with Gasteiger partial charge in [-0.15, -0.1) is 0 Å². The average Bonchev–Trinajstić information content (AvgIpc) is 2.69. The van der Waals surface area contributed by atoms with Crippen LogP contribution in [0, 0.1) is 6.92 Å². The fraction of sp³-hybridized carbons (Fsp3) is 0.400. The summed E-state index contributed by atoms with van der Waals surface area (Å²) in [5, 5.41) is 3.53. The maximum atomic E-state index is 12.3. The molecule has 1 fully saturated rings. The molecule has 0 radical (unpaired) electrons.